The molecule has 5 nitrogen and oxygen atoms in total. The summed E-state index contributed by atoms with van der Waals surface area (Å²) >= 11 is 0. The number of rotatable bonds is 7. The maximum Gasteiger partial charge on any atom is 0.310 e. The van der Waals surface area contributed by atoms with Crippen LogP contribution in [-0.4, -0.2) is 27.9 Å². The predicted octanol–water partition coefficient (Wildman–Crippen LogP) is 0.675. The molecule has 0 bridgehead atoms. The summed E-state index contributed by atoms with van der Waals surface area (Å²) in [5, 5.41) is 16.5. The number of aliphatic carboxylic acids is 2. The SMILES string of the molecule is O=C(O)CCCCC(=O)CC(=O)O. The summed E-state index contributed by atoms with van der Waals surface area (Å²) < 4.78 is 0. The van der Waals surface area contributed by atoms with Crippen LogP contribution < -0.4 is 0 Å². The van der Waals surface area contributed by atoms with Crippen LogP contribution in [0.4, 0.5) is 0 Å². The van der Waals surface area contributed by atoms with Crippen LogP contribution in [0.15, 0.2) is 0 Å². The maximum absolute atomic E-state index is 10.8. The Morgan fingerprint density at radius 2 is 1.38 bits per heavy atom. The Bertz CT molecular complexity index is 209. The highest BCUT2D eigenvalue weighted by Gasteiger charge is 2.07. The molecule has 0 rings (SSSR count). The van der Waals surface area contributed by atoms with E-state index in [9.17, 15) is 14.4 Å². The van der Waals surface area contributed by atoms with Gasteiger partial charge in [0, 0.05) is 12.8 Å². The maximum atomic E-state index is 10.8. The lowest BCUT2D eigenvalue weighted by atomic mass is 10.1. The molecule has 74 valence electrons. The van der Waals surface area contributed by atoms with E-state index in [1.54, 1.807) is 0 Å². The Morgan fingerprint density at radius 3 is 1.85 bits per heavy atom. The number of carbonyl (C=O) groups is 3. The van der Waals surface area contributed by atoms with Crippen molar-refractivity contribution in [2.75, 3.05) is 0 Å². The molecule has 0 saturated heterocycles. The molecule has 0 aliphatic carbocycles. The lowest BCUT2D eigenvalue weighted by molar-refractivity contribution is -0.141. The second kappa shape index (κ2) is 6.16. The number of Topliss-reactive ketones (excluding diaryl/α,β-unsaturated/α-hetero) is 1. The summed E-state index contributed by atoms with van der Waals surface area (Å²) in [5.74, 6) is -2.38. The van der Waals surface area contributed by atoms with Gasteiger partial charge in [-0.05, 0) is 12.8 Å². The zero-order chi connectivity index (χ0) is 10.3. The first-order chi connectivity index (χ1) is 6.02. The Balaban J connectivity index is 3.37. The fourth-order valence-corrected chi connectivity index (χ4v) is 0.855. The first-order valence-electron chi connectivity index (χ1n) is 3.97. The number of carboxylic acid groups (broad SMARTS) is 2. The number of carbonyl (C=O) groups excluding carboxylic acids is 1. The van der Waals surface area contributed by atoms with Gasteiger partial charge in [0.05, 0.1) is 0 Å². The highest BCUT2D eigenvalue weighted by Crippen LogP contribution is 2.02. The van der Waals surface area contributed by atoms with Gasteiger partial charge in [-0.1, -0.05) is 0 Å². The van der Waals surface area contributed by atoms with Crippen molar-refractivity contribution in [1.29, 1.82) is 0 Å². The first-order valence-corrected chi connectivity index (χ1v) is 3.97. The van der Waals surface area contributed by atoms with Crippen molar-refractivity contribution in [3.8, 4) is 0 Å². The quantitative estimate of drug-likeness (QED) is 0.452. The lowest BCUT2D eigenvalue weighted by Gasteiger charge is -1.96. The molecule has 0 heterocycles. The Labute approximate surface area is 75.4 Å². The smallest absolute Gasteiger partial charge is 0.310 e. The molecule has 13 heavy (non-hydrogen) atoms. The van der Waals surface area contributed by atoms with E-state index < -0.39 is 18.4 Å². The standard InChI is InChI=1S/C8H12O5/c9-6(5-8(12)13)3-1-2-4-7(10)11/h1-5H2,(H,10,11)(H,12,13). The summed E-state index contributed by atoms with van der Waals surface area (Å²) in [7, 11) is 0. The zero-order valence-electron chi connectivity index (χ0n) is 7.15. The zero-order valence-corrected chi connectivity index (χ0v) is 7.15. The number of hydrogen-bond donors (Lipinski definition) is 2. The van der Waals surface area contributed by atoms with Crippen molar-refractivity contribution >= 4 is 17.7 Å². The monoisotopic (exact) mass is 188 g/mol. The van der Waals surface area contributed by atoms with Crippen molar-refractivity contribution < 1.29 is 24.6 Å². The highest BCUT2D eigenvalue weighted by molar-refractivity contribution is 5.94. The molecule has 0 aromatic carbocycles. The third-order valence-corrected chi connectivity index (χ3v) is 1.44. The van der Waals surface area contributed by atoms with E-state index in [1.807, 2.05) is 0 Å². The Morgan fingerprint density at radius 1 is 0.846 bits per heavy atom. The molecule has 0 unspecified atom stereocenters. The summed E-state index contributed by atoms with van der Waals surface area (Å²) in [5.41, 5.74) is 0. The molecule has 0 spiro atoms. The summed E-state index contributed by atoms with van der Waals surface area (Å²) in [6, 6.07) is 0. The molecular formula is C8H12O5. The lowest BCUT2D eigenvalue weighted by Crippen LogP contribution is -2.06. The number of unbranched alkanes of at least 4 members (excludes halogenated alkanes) is 1. The van der Waals surface area contributed by atoms with Crippen LogP contribution >= 0.6 is 0 Å². The van der Waals surface area contributed by atoms with E-state index in [0.29, 0.717) is 12.8 Å². The second-order valence-corrected chi connectivity index (χ2v) is 2.71. The molecule has 0 radical (unpaired) electrons. The van der Waals surface area contributed by atoms with Crippen molar-refractivity contribution in [2.24, 2.45) is 0 Å². The van der Waals surface area contributed by atoms with Crippen molar-refractivity contribution in [3.63, 3.8) is 0 Å². The van der Waals surface area contributed by atoms with Crippen LogP contribution in [-0.2, 0) is 14.4 Å². The van der Waals surface area contributed by atoms with Crippen LogP contribution in [0.3, 0.4) is 0 Å². The van der Waals surface area contributed by atoms with E-state index >= 15 is 0 Å². The van der Waals surface area contributed by atoms with Gasteiger partial charge in [-0.25, -0.2) is 0 Å². The molecule has 5 heteroatoms. The minimum atomic E-state index is -1.14. The van der Waals surface area contributed by atoms with E-state index in [0.717, 1.165) is 0 Å². The van der Waals surface area contributed by atoms with Crippen LogP contribution in [0.5, 0.6) is 0 Å². The normalized spacial score (nSPS) is 9.54. The minimum Gasteiger partial charge on any atom is -0.481 e. The van der Waals surface area contributed by atoms with Gasteiger partial charge >= 0.3 is 11.9 Å². The van der Waals surface area contributed by atoms with Gasteiger partial charge in [0.25, 0.3) is 0 Å². The minimum absolute atomic E-state index is 0.0281. The topological polar surface area (TPSA) is 91.7 Å². The molecule has 0 aromatic heterocycles. The molecule has 0 amide bonds. The van der Waals surface area contributed by atoms with Crippen LogP contribution in [0.2, 0.25) is 0 Å². The predicted molar refractivity (Wildman–Crippen MR) is 43.4 cm³/mol. The van der Waals surface area contributed by atoms with Gasteiger partial charge in [0.2, 0.25) is 0 Å². The Hall–Kier alpha value is -1.39. The van der Waals surface area contributed by atoms with Gasteiger partial charge in [0.1, 0.15) is 12.2 Å². The largest absolute Gasteiger partial charge is 0.481 e. The molecule has 0 aliphatic rings. The summed E-state index contributed by atoms with van der Waals surface area (Å²) in [4.78, 5) is 30.8. The fourth-order valence-electron chi connectivity index (χ4n) is 0.855. The van der Waals surface area contributed by atoms with Crippen molar-refractivity contribution in [2.45, 2.75) is 32.1 Å². The summed E-state index contributed by atoms with van der Waals surface area (Å²) in [6.07, 6.45) is 0.576. The van der Waals surface area contributed by atoms with Gasteiger partial charge in [-0.15, -0.1) is 0 Å². The number of ketones is 1. The van der Waals surface area contributed by atoms with E-state index in [4.69, 9.17) is 10.2 Å². The Kier molecular flexibility index (Phi) is 5.50. The third-order valence-electron chi connectivity index (χ3n) is 1.44. The molecule has 0 fully saturated rings. The first kappa shape index (κ1) is 11.6. The number of carboxylic acids is 2. The second-order valence-electron chi connectivity index (χ2n) is 2.71. The van der Waals surface area contributed by atoms with E-state index in [-0.39, 0.29) is 18.6 Å². The molecule has 0 saturated carbocycles. The molecule has 0 aromatic rings. The molecule has 0 aliphatic heterocycles. The van der Waals surface area contributed by atoms with Crippen molar-refractivity contribution in [3.05, 3.63) is 0 Å². The van der Waals surface area contributed by atoms with Gasteiger partial charge in [0.15, 0.2) is 0 Å². The van der Waals surface area contributed by atoms with Crippen LogP contribution in [0.25, 0.3) is 0 Å². The third kappa shape index (κ3) is 8.52. The van der Waals surface area contributed by atoms with Crippen molar-refractivity contribution in [1.82, 2.24) is 0 Å². The van der Waals surface area contributed by atoms with Crippen LogP contribution in [0, 0.1) is 0 Å². The van der Waals surface area contributed by atoms with Gasteiger partial charge < -0.3 is 10.2 Å². The van der Waals surface area contributed by atoms with E-state index in [1.165, 1.54) is 0 Å². The molecular weight excluding hydrogens is 176 g/mol. The molecule has 0 atom stereocenters. The number of hydrogen-bond acceptors (Lipinski definition) is 3. The fraction of sp³-hybridized carbons (Fsp3) is 0.625. The van der Waals surface area contributed by atoms with Gasteiger partial charge in [-0.2, -0.15) is 0 Å². The van der Waals surface area contributed by atoms with Crippen LogP contribution in [0.1, 0.15) is 32.1 Å². The van der Waals surface area contributed by atoms with Gasteiger partial charge in [-0.3, -0.25) is 14.4 Å². The average molecular weight is 188 g/mol. The van der Waals surface area contributed by atoms with E-state index in [2.05, 4.69) is 0 Å². The molecule has 2 N–H and O–H groups in total. The highest BCUT2D eigenvalue weighted by atomic mass is 16.4. The average Bonchev–Trinajstić information content (AvgIpc) is 1.96. The summed E-state index contributed by atoms with van der Waals surface area (Å²) in [6.45, 7) is 0.